The molecule has 0 spiro atoms. The van der Waals surface area contributed by atoms with Gasteiger partial charge in [0, 0.05) is 5.16 Å². The monoisotopic (exact) mass is 146 g/mol. The molecule has 0 unspecified atom stereocenters. The quantitative estimate of drug-likeness (QED) is 0.301. The summed E-state index contributed by atoms with van der Waals surface area (Å²) in [5.41, 5.74) is 4.86. The molecule has 0 fully saturated rings. The lowest BCUT2D eigenvalue weighted by Gasteiger charge is -1.86. The van der Waals surface area contributed by atoms with E-state index in [1.165, 1.54) is 0 Å². The number of nitro groups is 1. The van der Waals surface area contributed by atoms with Crippen LogP contribution in [-0.2, 0) is 0 Å². The highest BCUT2D eigenvalue weighted by molar-refractivity contribution is 5.38. The number of hydrogen-bond acceptors (Lipinski definition) is 6. The second-order valence-corrected chi connectivity index (χ2v) is 1.40. The van der Waals surface area contributed by atoms with Crippen LogP contribution in [0, 0.1) is 15.3 Å². The summed E-state index contributed by atoms with van der Waals surface area (Å²) in [6, 6.07) is 0. The van der Waals surface area contributed by atoms with Crippen LogP contribution in [0.5, 0.6) is 0 Å². The maximum atomic E-state index is 10.2. The summed E-state index contributed by atoms with van der Waals surface area (Å²) in [6.45, 7) is 0. The molecule has 0 aliphatic carbocycles. The Balaban J connectivity index is 3.17. The molecular weight excluding hydrogens is 144 g/mol. The zero-order chi connectivity index (χ0) is 7.72. The lowest BCUT2D eigenvalue weighted by atomic mass is 10.7. The van der Waals surface area contributed by atoms with E-state index < -0.39 is 16.6 Å². The fraction of sp³-hybridized carbons (Fsp3) is 0. The fourth-order valence-corrected chi connectivity index (χ4v) is 0.375. The zero-order valence-electron chi connectivity index (χ0n) is 4.55. The molecule has 10 heavy (non-hydrogen) atoms. The van der Waals surface area contributed by atoms with E-state index in [9.17, 15) is 15.3 Å². The highest BCUT2D eigenvalue weighted by atomic mass is 16.8. The van der Waals surface area contributed by atoms with Crippen LogP contribution >= 0.6 is 0 Å². The number of rotatable bonds is 1. The first-order chi connectivity index (χ1) is 4.63. The summed E-state index contributed by atoms with van der Waals surface area (Å²) in [5, 5.41) is 22.9. The highest BCUT2D eigenvalue weighted by Crippen LogP contribution is 2.10. The second-order valence-electron chi connectivity index (χ2n) is 1.40. The fourth-order valence-electron chi connectivity index (χ4n) is 0.375. The molecule has 0 aliphatic heterocycles. The van der Waals surface area contributed by atoms with Crippen molar-refractivity contribution in [2.24, 2.45) is 0 Å². The summed E-state index contributed by atoms with van der Waals surface area (Å²) in [6.07, 6.45) is 0. The smallest absolute Gasteiger partial charge is 0.391 e. The van der Waals surface area contributed by atoms with Crippen LogP contribution in [0.4, 0.5) is 11.6 Å². The van der Waals surface area contributed by atoms with Gasteiger partial charge in [-0.15, -0.1) is 0 Å². The maximum Gasteiger partial charge on any atom is 0.424 e. The highest BCUT2D eigenvalue weighted by Gasteiger charge is 2.18. The van der Waals surface area contributed by atoms with E-state index >= 15 is 0 Å². The average molecular weight is 146 g/mol. The van der Waals surface area contributed by atoms with Crippen LogP contribution in [0.2, 0.25) is 0 Å². The number of nitrogens with zero attached hydrogens (tertiary/aromatic N) is 3. The molecule has 0 aromatic carbocycles. The first-order valence-electron chi connectivity index (χ1n) is 2.12. The molecule has 54 valence electrons. The van der Waals surface area contributed by atoms with Gasteiger partial charge in [0.15, 0.2) is 0 Å². The predicted octanol–water partition coefficient (Wildman–Crippen LogP) is -1.20. The van der Waals surface area contributed by atoms with E-state index in [1.807, 2.05) is 0 Å². The second kappa shape index (κ2) is 1.83. The van der Waals surface area contributed by atoms with Crippen LogP contribution in [0.25, 0.3) is 0 Å². The normalized spacial score (nSPS) is 9.60. The summed E-state index contributed by atoms with van der Waals surface area (Å²) in [5.74, 6) is -1.42. The van der Waals surface area contributed by atoms with E-state index in [2.05, 4.69) is 9.79 Å². The molecule has 0 saturated heterocycles. The Labute approximate surface area is 53.5 Å². The van der Waals surface area contributed by atoms with Crippen molar-refractivity contribution in [2.75, 3.05) is 5.73 Å². The Morgan fingerprint density at radius 1 is 1.80 bits per heavy atom. The van der Waals surface area contributed by atoms with Gasteiger partial charge in [-0.3, -0.25) is 0 Å². The number of anilines is 1. The Morgan fingerprint density at radius 3 is 2.60 bits per heavy atom. The Hall–Kier alpha value is -1.86. The Morgan fingerprint density at radius 2 is 2.40 bits per heavy atom. The molecule has 0 bridgehead atoms. The van der Waals surface area contributed by atoms with Crippen molar-refractivity contribution < 1.29 is 14.5 Å². The van der Waals surface area contributed by atoms with Crippen molar-refractivity contribution in [3.05, 3.63) is 15.3 Å². The lowest BCUT2D eigenvalue weighted by Crippen LogP contribution is -2.26. The minimum absolute atomic E-state index is 0.238. The van der Waals surface area contributed by atoms with Gasteiger partial charge >= 0.3 is 11.6 Å². The SMILES string of the molecule is Nc1c([N+](=O)[O-])no[n+]1[O-]. The molecular formula is C2H2N4O4. The molecule has 2 N–H and O–H groups in total. The van der Waals surface area contributed by atoms with Gasteiger partial charge in [0.1, 0.15) is 0 Å². The standard InChI is InChI=1S/C2H2N4O4/c3-1-2(5(7)8)4-10-6(1)9/h3H2. The van der Waals surface area contributed by atoms with Crippen molar-refractivity contribution in [1.29, 1.82) is 0 Å². The van der Waals surface area contributed by atoms with Crippen molar-refractivity contribution >= 4 is 11.6 Å². The molecule has 8 nitrogen and oxygen atoms in total. The summed E-state index contributed by atoms with van der Waals surface area (Å²) < 4.78 is 3.80. The van der Waals surface area contributed by atoms with Crippen LogP contribution in [-0.4, -0.2) is 10.1 Å². The van der Waals surface area contributed by atoms with E-state index in [0.717, 1.165) is 0 Å². The minimum atomic E-state index is -0.909. The average Bonchev–Trinajstić information content (AvgIpc) is 2.14. The minimum Gasteiger partial charge on any atom is -0.391 e. The summed E-state index contributed by atoms with van der Waals surface area (Å²) in [7, 11) is 0. The molecule has 0 amide bonds. The molecule has 1 rings (SSSR count). The molecule has 0 atom stereocenters. The molecule has 0 radical (unpaired) electrons. The first kappa shape index (κ1) is 6.26. The van der Waals surface area contributed by atoms with Crippen LogP contribution in [0.1, 0.15) is 0 Å². The van der Waals surface area contributed by atoms with Crippen molar-refractivity contribution in [3.63, 3.8) is 0 Å². The van der Waals surface area contributed by atoms with Crippen molar-refractivity contribution in [3.8, 4) is 0 Å². The lowest BCUT2D eigenvalue weighted by molar-refractivity contribution is -0.790. The number of nitrogen functional groups attached to an aromatic ring is 1. The van der Waals surface area contributed by atoms with E-state index in [1.54, 1.807) is 0 Å². The predicted molar refractivity (Wildman–Crippen MR) is 26.5 cm³/mol. The van der Waals surface area contributed by atoms with Crippen LogP contribution in [0.3, 0.4) is 0 Å². The van der Waals surface area contributed by atoms with Gasteiger partial charge in [-0.05, 0) is 4.92 Å². The van der Waals surface area contributed by atoms with Crippen molar-refractivity contribution in [2.45, 2.75) is 0 Å². The van der Waals surface area contributed by atoms with Crippen LogP contribution < -0.4 is 10.6 Å². The molecule has 1 heterocycles. The third kappa shape index (κ3) is 0.708. The third-order valence-corrected chi connectivity index (χ3v) is 0.800. The van der Waals surface area contributed by atoms with Crippen molar-refractivity contribution in [1.82, 2.24) is 5.16 Å². The van der Waals surface area contributed by atoms with E-state index in [0.29, 0.717) is 0 Å². The number of nitrogens with two attached hydrogens (primary N) is 1. The first-order valence-corrected chi connectivity index (χ1v) is 2.12. The molecule has 1 aromatic rings. The van der Waals surface area contributed by atoms with Gasteiger partial charge in [-0.1, -0.05) is 4.90 Å². The molecule has 0 aliphatic rings. The summed E-state index contributed by atoms with van der Waals surface area (Å²) in [4.78, 5) is 8.74. The van der Waals surface area contributed by atoms with Gasteiger partial charge in [0.2, 0.25) is 0 Å². The third-order valence-electron chi connectivity index (χ3n) is 0.800. The van der Waals surface area contributed by atoms with Crippen LogP contribution in [0.15, 0.2) is 4.63 Å². The summed E-state index contributed by atoms with van der Waals surface area (Å²) >= 11 is 0. The van der Waals surface area contributed by atoms with Gasteiger partial charge in [-0.2, -0.15) is 0 Å². The van der Waals surface area contributed by atoms with E-state index in [-0.39, 0.29) is 4.90 Å². The van der Waals surface area contributed by atoms with Gasteiger partial charge in [-0.25, -0.2) is 0 Å². The zero-order valence-corrected chi connectivity index (χ0v) is 4.55. The molecule has 8 heteroatoms. The largest absolute Gasteiger partial charge is 0.424 e. The topological polar surface area (TPSA) is 122 Å². The number of hydrogen-bond donors (Lipinski definition) is 1. The maximum absolute atomic E-state index is 10.2. The van der Waals surface area contributed by atoms with E-state index in [4.69, 9.17) is 5.73 Å². The van der Waals surface area contributed by atoms with Gasteiger partial charge < -0.3 is 25.7 Å². The Bertz CT molecular complexity index is 266. The van der Waals surface area contributed by atoms with Gasteiger partial charge in [0.25, 0.3) is 0 Å². The molecule has 0 saturated carbocycles. The van der Waals surface area contributed by atoms with Gasteiger partial charge in [0.05, 0.1) is 0 Å². The Kier molecular flexibility index (Phi) is 1.14. The number of aromatic nitrogens is 2. The molecule has 1 aromatic heterocycles.